The Balaban J connectivity index is 1.60. The molecule has 25 heavy (non-hydrogen) atoms. The van der Waals surface area contributed by atoms with Gasteiger partial charge in [0.1, 0.15) is 10.9 Å². The van der Waals surface area contributed by atoms with Crippen LogP contribution in [0.4, 0.5) is 0 Å². The van der Waals surface area contributed by atoms with Gasteiger partial charge in [-0.1, -0.05) is 41.9 Å². The third kappa shape index (κ3) is 4.55. The summed E-state index contributed by atoms with van der Waals surface area (Å²) in [5.74, 6) is 0.209. The van der Waals surface area contributed by atoms with E-state index >= 15 is 0 Å². The van der Waals surface area contributed by atoms with Gasteiger partial charge in [0, 0.05) is 10.9 Å². The summed E-state index contributed by atoms with van der Waals surface area (Å²) < 4.78 is 6.19. The van der Waals surface area contributed by atoms with Gasteiger partial charge < -0.3 is 4.74 Å². The number of hydrazone groups is 1. The van der Waals surface area contributed by atoms with Crippen molar-refractivity contribution in [1.82, 2.24) is 10.4 Å². The minimum Gasteiger partial charge on any atom is -0.483 e. The van der Waals surface area contributed by atoms with Gasteiger partial charge in [0.05, 0.1) is 16.2 Å². The van der Waals surface area contributed by atoms with E-state index in [-0.39, 0.29) is 12.5 Å². The molecule has 0 aliphatic heterocycles. The van der Waals surface area contributed by atoms with Crippen LogP contribution in [0.1, 0.15) is 5.56 Å². The highest BCUT2D eigenvalue weighted by molar-refractivity contribution is 9.10. The van der Waals surface area contributed by atoms with Crippen molar-refractivity contribution in [2.45, 2.75) is 0 Å². The number of hydrogen-bond acceptors (Lipinski definition) is 4. The smallest absolute Gasteiger partial charge is 0.277 e. The number of aromatic nitrogens is 1. The van der Waals surface area contributed by atoms with Crippen molar-refractivity contribution in [3.63, 3.8) is 0 Å². The Bertz CT molecular complexity index is 947. The normalized spacial score (nSPS) is 11.0. The Morgan fingerprint density at radius 1 is 1.24 bits per heavy atom. The predicted molar refractivity (Wildman–Crippen MR) is 102 cm³/mol. The average Bonchev–Trinajstić information content (AvgIpc) is 2.61. The van der Waals surface area contributed by atoms with Crippen LogP contribution in [0.5, 0.6) is 5.75 Å². The molecule has 3 aromatic rings. The lowest BCUT2D eigenvalue weighted by Crippen LogP contribution is -2.24. The molecule has 1 aromatic heterocycles. The van der Waals surface area contributed by atoms with Crippen molar-refractivity contribution in [1.29, 1.82) is 0 Å². The fraction of sp³-hybridized carbons (Fsp3) is 0.0556. The van der Waals surface area contributed by atoms with Crippen molar-refractivity contribution in [3.05, 3.63) is 69.8 Å². The van der Waals surface area contributed by atoms with Crippen molar-refractivity contribution >= 4 is 50.6 Å². The molecule has 0 saturated carbocycles. The summed E-state index contributed by atoms with van der Waals surface area (Å²) in [7, 11) is 0. The number of para-hydroxylation sites is 2. The number of amides is 1. The van der Waals surface area contributed by atoms with E-state index in [1.165, 1.54) is 6.21 Å². The Morgan fingerprint density at radius 2 is 2.00 bits per heavy atom. The Labute approximate surface area is 157 Å². The minimum absolute atomic E-state index is 0.149. The summed E-state index contributed by atoms with van der Waals surface area (Å²) in [5, 5.41) is 5.17. The van der Waals surface area contributed by atoms with E-state index in [0.29, 0.717) is 16.5 Å². The molecule has 0 saturated heterocycles. The third-order valence-corrected chi connectivity index (χ3v) is 4.25. The molecule has 0 unspecified atom stereocenters. The molecule has 0 radical (unpaired) electrons. The SMILES string of the molecule is O=C(COc1ccccc1Br)N/N=C/c1cc2ccccc2nc1Cl. The fourth-order valence-corrected chi connectivity index (χ4v) is 2.70. The fourth-order valence-electron chi connectivity index (χ4n) is 2.11. The molecule has 0 bridgehead atoms. The van der Waals surface area contributed by atoms with Gasteiger partial charge in [-0.15, -0.1) is 0 Å². The summed E-state index contributed by atoms with van der Waals surface area (Å²) >= 11 is 9.48. The summed E-state index contributed by atoms with van der Waals surface area (Å²) in [5.41, 5.74) is 3.82. The second-order valence-corrected chi connectivity index (χ2v) is 6.29. The molecule has 5 nitrogen and oxygen atoms in total. The van der Waals surface area contributed by atoms with E-state index in [9.17, 15) is 4.79 Å². The maximum atomic E-state index is 11.8. The monoisotopic (exact) mass is 417 g/mol. The molecule has 126 valence electrons. The number of benzene rings is 2. The van der Waals surface area contributed by atoms with Crippen molar-refractivity contribution in [2.24, 2.45) is 5.10 Å². The number of halogens is 2. The molecular weight excluding hydrogens is 406 g/mol. The molecule has 1 amide bonds. The van der Waals surface area contributed by atoms with Crippen molar-refractivity contribution in [3.8, 4) is 5.75 Å². The molecule has 7 heteroatoms. The van der Waals surface area contributed by atoms with Gasteiger partial charge in [-0.2, -0.15) is 5.10 Å². The van der Waals surface area contributed by atoms with Crippen LogP contribution in [-0.4, -0.2) is 23.7 Å². The quantitative estimate of drug-likeness (QED) is 0.384. The summed E-state index contributed by atoms with van der Waals surface area (Å²) in [6, 6.07) is 16.8. The first-order valence-electron chi connectivity index (χ1n) is 7.38. The molecule has 3 rings (SSSR count). The second kappa shape index (κ2) is 8.09. The Kier molecular flexibility index (Phi) is 5.63. The minimum atomic E-state index is -0.378. The van der Waals surface area contributed by atoms with Gasteiger partial charge in [0.2, 0.25) is 0 Å². The standard InChI is InChI=1S/C18H13BrClN3O2/c19-14-6-2-4-8-16(14)25-11-17(24)23-21-10-13-9-12-5-1-3-7-15(12)22-18(13)20/h1-10H,11H2,(H,23,24)/b21-10+. The van der Waals surface area contributed by atoms with Gasteiger partial charge in [0.25, 0.3) is 5.91 Å². The lowest BCUT2D eigenvalue weighted by Gasteiger charge is -2.06. The number of nitrogens with zero attached hydrogens (tertiary/aromatic N) is 2. The summed E-state index contributed by atoms with van der Waals surface area (Å²) in [6.45, 7) is -0.149. The zero-order valence-electron chi connectivity index (χ0n) is 12.9. The molecule has 0 fully saturated rings. The number of hydrogen-bond donors (Lipinski definition) is 1. The van der Waals surface area contributed by atoms with Gasteiger partial charge in [-0.3, -0.25) is 4.79 Å². The largest absolute Gasteiger partial charge is 0.483 e. The first-order chi connectivity index (χ1) is 12.1. The van der Waals surface area contributed by atoms with Gasteiger partial charge in [-0.25, -0.2) is 10.4 Å². The molecule has 1 heterocycles. The molecule has 0 atom stereocenters. The molecule has 0 spiro atoms. The highest BCUT2D eigenvalue weighted by Crippen LogP contribution is 2.23. The number of ether oxygens (including phenoxy) is 1. The van der Waals surface area contributed by atoms with Crippen LogP contribution in [-0.2, 0) is 4.79 Å². The maximum absolute atomic E-state index is 11.8. The van der Waals surface area contributed by atoms with E-state index < -0.39 is 0 Å². The van der Waals surface area contributed by atoms with Crippen molar-refractivity contribution in [2.75, 3.05) is 6.61 Å². The number of carbonyl (C=O) groups is 1. The van der Waals surface area contributed by atoms with E-state index in [4.69, 9.17) is 16.3 Å². The lowest BCUT2D eigenvalue weighted by atomic mass is 10.2. The van der Waals surface area contributed by atoms with Crippen LogP contribution >= 0.6 is 27.5 Å². The van der Waals surface area contributed by atoms with E-state index in [1.807, 2.05) is 48.5 Å². The molecule has 0 aliphatic carbocycles. The average molecular weight is 419 g/mol. The Hall–Kier alpha value is -2.44. The third-order valence-electron chi connectivity index (χ3n) is 3.29. The predicted octanol–water partition coefficient (Wildman–Crippen LogP) is 4.18. The molecule has 1 N–H and O–H groups in total. The molecule has 0 aliphatic rings. The number of nitrogens with one attached hydrogen (secondary N) is 1. The van der Waals surface area contributed by atoms with Crippen LogP contribution in [0.2, 0.25) is 5.15 Å². The first-order valence-corrected chi connectivity index (χ1v) is 8.55. The topological polar surface area (TPSA) is 63.6 Å². The number of fused-ring (bicyclic) bond motifs is 1. The first kappa shape index (κ1) is 17.4. The highest BCUT2D eigenvalue weighted by Gasteiger charge is 2.05. The zero-order valence-corrected chi connectivity index (χ0v) is 15.3. The van der Waals surface area contributed by atoms with Gasteiger partial charge in [0.15, 0.2) is 6.61 Å². The molecule has 2 aromatic carbocycles. The van der Waals surface area contributed by atoms with Gasteiger partial charge >= 0.3 is 0 Å². The van der Waals surface area contributed by atoms with E-state index in [1.54, 1.807) is 6.07 Å². The van der Waals surface area contributed by atoms with Crippen molar-refractivity contribution < 1.29 is 9.53 Å². The number of pyridine rings is 1. The zero-order chi connectivity index (χ0) is 17.6. The van der Waals surface area contributed by atoms with Crippen LogP contribution < -0.4 is 10.2 Å². The second-order valence-electron chi connectivity index (χ2n) is 5.07. The van der Waals surface area contributed by atoms with E-state index in [2.05, 4.69) is 31.4 Å². The van der Waals surface area contributed by atoms with Crippen LogP contribution in [0.3, 0.4) is 0 Å². The number of rotatable bonds is 5. The Morgan fingerprint density at radius 3 is 2.84 bits per heavy atom. The van der Waals surface area contributed by atoms with Crippen LogP contribution in [0, 0.1) is 0 Å². The lowest BCUT2D eigenvalue weighted by molar-refractivity contribution is -0.123. The number of carbonyl (C=O) groups excluding carboxylic acids is 1. The highest BCUT2D eigenvalue weighted by atomic mass is 79.9. The summed E-state index contributed by atoms with van der Waals surface area (Å²) in [4.78, 5) is 16.1. The molecular formula is C18H13BrClN3O2. The summed E-state index contributed by atoms with van der Waals surface area (Å²) in [6.07, 6.45) is 1.46. The van der Waals surface area contributed by atoms with Gasteiger partial charge in [-0.05, 0) is 40.2 Å². The maximum Gasteiger partial charge on any atom is 0.277 e. The van der Waals surface area contributed by atoms with E-state index in [0.717, 1.165) is 15.4 Å². The van der Waals surface area contributed by atoms with Crippen LogP contribution in [0.25, 0.3) is 10.9 Å². The van der Waals surface area contributed by atoms with Crippen LogP contribution in [0.15, 0.2) is 64.2 Å².